The van der Waals surface area contributed by atoms with Gasteiger partial charge in [-0.1, -0.05) is 87.9 Å². The molecular formula is C35H29BrN2O6S. The van der Waals surface area contributed by atoms with Crippen LogP contribution in [0.15, 0.2) is 98.7 Å². The zero-order valence-corrected chi connectivity index (χ0v) is 27.4. The van der Waals surface area contributed by atoms with Gasteiger partial charge in [-0.05, 0) is 47.5 Å². The van der Waals surface area contributed by atoms with Crippen molar-refractivity contribution in [3.05, 3.63) is 125 Å². The van der Waals surface area contributed by atoms with Crippen molar-refractivity contribution in [1.29, 1.82) is 0 Å². The van der Waals surface area contributed by atoms with Crippen LogP contribution in [0.4, 0.5) is 0 Å². The standard InChI is InChI=1S/C35H29BrN2O6S/c1-5-44-34(40)30-31(21-12-7-6-8-13-21)37-35-38(32(30)29-23-14-10-9-11-20(23)15-16-25(29)41-2)33(39)28(45-35)18-22-17-26(42-3)27(43-4)19-24(22)36/h6-19,32H,5H2,1-4H3/b28-18+. The molecule has 0 radical (unpaired) electrons. The van der Waals surface area contributed by atoms with Crippen LogP contribution in [0.3, 0.4) is 0 Å². The highest BCUT2D eigenvalue weighted by molar-refractivity contribution is 9.10. The minimum atomic E-state index is -0.896. The Hall–Kier alpha value is -4.67. The molecule has 1 atom stereocenters. The highest BCUT2D eigenvalue weighted by Crippen LogP contribution is 2.42. The van der Waals surface area contributed by atoms with Crippen molar-refractivity contribution in [3.63, 3.8) is 0 Å². The number of carbonyl (C=O) groups excluding carboxylic acids is 1. The molecule has 0 saturated heterocycles. The van der Waals surface area contributed by atoms with Crippen molar-refractivity contribution in [2.24, 2.45) is 4.99 Å². The number of nitrogens with zero attached hydrogens (tertiary/aromatic N) is 2. The molecule has 0 saturated carbocycles. The van der Waals surface area contributed by atoms with Gasteiger partial charge in [0.15, 0.2) is 16.3 Å². The normalized spacial score (nSPS) is 14.6. The van der Waals surface area contributed by atoms with Gasteiger partial charge in [-0.15, -0.1) is 0 Å². The Kier molecular flexibility index (Phi) is 8.60. The topological polar surface area (TPSA) is 88.4 Å². The van der Waals surface area contributed by atoms with Gasteiger partial charge in [0.05, 0.1) is 43.7 Å². The van der Waals surface area contributed by atoms with Crippen LogP contribution in [0.2, 0.25) is 0 Å². The molecule has 228 valence electrons. The minimum absolute atomic E-state index is 0.154. The number of benzene rings is 4. The molecule has 5 aromatic rings. The highest BCUT2D eigenvalue weighted by Gasteiger charge is 2.37. The van der Waals surface area contributed by atoms with Gasteiger partial charge in [0.1, 0.15) is 11.8 Å². The number of hydrogen-bond donors (Lipinski definition) is 0. The molecule has 1 unspecified atom stereocenters. The van der Waals surface area contributed by atoms with Crippen LogP contribution in [0, 0.1) is 0 Å². The number of halogens is 1. The second-order valence-corrected chi connectivity index (χ2v) is 11.9. The summed E-state index contributed by atoms with van der Waals surface area (Å²) in [7, 11) is 4.70. The Balaban J connectivity index is 1.73. The minimum Gasteiger partial charge on any atom is -0.496 e. The lowest BCUT2D eigenvalue weighted by molar-refractivity contribution is -0.138. The zero-order valence-electron chi connectivity index (χ0n) is 25.0. The van der Waals surface area contributed by atoms with Crippen LogP contribution in [-0.2, 0) is 9.53 Å². The molecule has 1 aromatic heterocycles. The maximum absolute atomic E-state index is 14.5. The van der Waals surface area contributed by atoms with Crippen molar-refractivity contribution in [1.82, 2.24) is 4.57 Å². The van der Waals surface area contributed by atoms with Crippen molar-refractivity contribution in [2.75, 3.05) is 27.9 Å². The van der Waals surface area contributed by atoms with E-state index in [2.05, 4.69) is 15.9 Å². The van der Waals surface area contributed by atoms with E-state index >= 15 is 0 Å². The number of ether oxygens (including phenoxy) is 4. The Morgan fingerprint density at radius 1 is 0.933 bits per heavy atom. The van der Waals surface area contributed by atoms with Crippen LogP contribution < -0.4 is 29.1 Å². The molecule has 0 spiro atoms. The fourth-order valence-electron chi connectivity index (χ4n) is 5.57. The molecule has 2 heterocycles. The average Bonchev–Trinajstić information content (AvgIpc) is 3.38. The van der Waals surface area contributed by atoms with Crippen LogP contribution in [0.25, 0.3) is 22.5 Å². The molecule has 0 bridgehead atoms. The van der Waals surface area contributed by atoms with Gasteiger partial charge in [-0.25, -0.2) is 9.79 Å². The Bertz CT molecular complexity index is 2150. The lowest BCUT2D eigenvalue weighted by atomic mass is 9.89. The van der Waals surface area contributed by atoms with Gasteiger partial charge >= 0.3 is 5.97 Å². The van der Waals surface area contributed by atoms with E-state index in [1.807, 2.05) is 66.7 Å². The first-order chi connectivity index (χ1) is 21.9. The molecule has 4 aromatic carbocycles. The van der Waals surface area contributed by atoms with Gasteiger partial charge in [0, 0.05) is 15.6 Å². The summed E-state index contributed by atoms with van der Waals surface area (Å²) in [5, 5.41) is 1.78. The Morgan fingerprint density at radius 3 is 2.33 bits per heavy atom. The monoisotopic (exact) mass is 684 g/mol. The summed E-state index contributed by atoms with van der Waals surface area (Å²) in [6.07, 6.45) is 1.78. The summed E-state index contributed by atoms with van der Waals surface area (Å²) in [4.78, 5) is 33.9. The second kappa shape index (κ2) is 12.7. The average molecular weight is 686 g/mol. The lowest BCUT2D eigenvalue weighted by Gasteiger charge is -2.28. The first-order valence-corrected chi connectivity index (χ1v) is 15.8. The van der Waals surface area contributed by atoms with Crippen molar-refractivity contribution in [2.45, 2.75) is 13.0 Å². The lowest BCUT2D eigenvalue weighted by Crippen LogP contribution is -2.40. The first kappa shape index (κ1) is 30.4. The van der Waals surface area contributed by atoms with Crippen molar-refractivity contribution < 1.29 is 23.7 Å². The fraction of sp³-hybridized carbons (Fsp3) is 0.171. The van der Waals surface area contributed by atoms with E-state index in [0.29, 0.717) is 43.4 Å². The number of esters is 1. The second-order valence-electron chi connectivity index (χ2n) is 10.1. The van der Waals surface area contributed by atoms with Gasteiger partial charge in [0.2, 0.25) is 0 Å². The maximum Gasteiger partial charge on any atom is 0.338 e. The maximum atomic E-state index is 14.5. The van der Waals surface area contributed by atoms with Crippen molar-refractivity contribution in [3.8, 4) is 17.2 Å². The highest BCUT2D eigenvalue weighted by atomic mass is 79.9. The SMILES string of the molecule is CCOC(=O)C1=C(c2ccccc2)N=c2s/c(=C/c3cc(OC)c(OC)cc3Br)c(=O)n2C1c1c(OC)ccc2ccccc12. The molecule has 0 fully saturated rings. The molecule has 45 heavy (non-hydrogen) atoms. The van der Waals surface area contributed by atoms with E-state index in [-0.39, 0.29) is 17.7 Å². The smallest absolute Gasteiger partial charge is 0.338 e. The largest absolute Gasteiger partial charge is 0.496 e. The van der Waals surface area contributed by atoms with E-state index in [9.17, 15) is 9.59 Å². The van der Waals surface area contributed by atoms with Gasteiger partial charge in [0.25, 0.3) is 5.56 Å². The third-order valence-electron chi connectivity index (χ3n) is 7.59. The number of thiazole rings is 1. The summed E-state index contributed by atoms with van der Waals surface area (Å²) < 4.78 is 25.2. The number of rotatable bonds is 8. The van der Waals surface area contributed by atoms with Crippen LogP contribution in [0.5, 0.6) is 17.2 Å². The number of aromatic nitrogens is 1. The van der Waals surface area contributed by atoms with Gasteiger partial charge in [-0.3, -0.25) is 9.36 Å². The number of methoxy groups -OCH3 is 3. The van der Waals surface area contributed by atoms with Crippen LogP contribution >= 0.6 is 27.3 Å². The first-order valence-electron chi connectivity index (χ1n) is 14.2. The molecule has 1 aliphatic heterocycles. The zero-order chi connectivity index (χ0) is 31.7. The molecule has 0 N–H and O–H groups in total. The summed E-state index contributed by atoms with van der Waals surface area (Å²) in [6, 6.07) is 23.8. The number of carbonyl (C=O) groups is 1. The molecule has 0 amide bonds. The third kappa shape index (κ3) is 5.44. The predicted octanol–water partition coefficient (Wildman–Crippen LogP) is 5.88. The van der Waals surface area contributed by atoms with Crippen LogP contribution in [-0.4, -0.2) is 38.5 Å². The summed E-state index contributed by atoms with van der Waals surface area (Å²) >= 11 is 4.85. The van der Waals surface area contributed by atoms with E-state index in [4.69, 9.17) is 23.9 Å². The summed E-state index contributed by atoms with van der Waals surface area (Å²) in [6.45, 7) is 1.91. The number of hydrogen-bond acceptors (Lipinski definition) is 8. The van der Waals surface area contributed by atoms with E-state index in [0.717, 1.165) is 20.8 Å². The molecule has 8 nitrogen and oxygen atoms in total. The third-order valence-corrected chi connectivity index (χ3v) is 9.26. The quantitative estimate of drug-likeness (QED) is 0.190. The number of fused-ring (bicyclic) bond motifs is 2. The molecule has 10 heteroatoms. The summed E-state index contributed by atoms with van der Waals surface area (Å²) in [5.74, 6) is 1.05. The van der Waals surface area contributed by atoms with E-state index < -0.39 is 12.0 Å². The van der Waals surface area contributed by atoms with Crippen molar-refractivity contribution >= 4 is 55.8 Å². The van der Waals surface area contributed by atoms with E-state index in [1.165, 1.54) is 11.3 Å². The summed E-state index contributed by atoms with van der Waals surface area (Å²) in [5.41, 5.74) is 2.49. The molecule has 1 aliphatic rings. The fourth-order valence-corrected chi connectivity index (χ4v) is 7.00. The Morgan fingerprint density at radius 2 is 1.62 bits per heavy atom. The van der Waals surface area contributed by atoms with Crippen LogP contribution in [0.1, 0.15) is 29.7 Å². The molecule has 6 rings (SSSR count). The molecule has 0 aliphatic carbocycles. The molecular weight excluding hydrogens is 656 g/mol. The Labute approximate surface area is 271 Å². The van der Waals surface area contributed by atoms with Gasteiger partial charge < -0.3 is 18.9 Å². The predicted molar refractivity (Wildman–Crippen MR) is 179 cm³/mol. The van der Waals surface area contributed by atoms with Gasteiger partial charge in [-0.2, -0.15) is 0 Å². The van der Waals surface area contributed by atoms with E-state index in [1.54, 1.807) is 51.0 Å².